The third-order valence-electron chi connectivity index (χ3n) is 2.60. The van der Waals surface area contributed by atoms with Crippen LogP contribution in [0.25, 0.3) is 10.9 Å². The van der Waals surface area contributed by atoms with Gasteiger partial charge in [-0.15, -0.1) is 0 Å². The summed E-state index contributed by atoms with van der Waals surface area (Å²) in [6.45, 7) is 0. The van der Waals surface area contributed by atoms with Gasteiger partial charge in [0.1, 0.15) is 16.5 Å². The van der Waals surface area contributed by atoms with Crippen LogP contribution in [0, 0.1) is 5.82 Å². The number of nitrogens with one attached hydrogen (secondary N) is 1. The molecule has 0 saturated heterocycles. The Hall–Kier alpha value is -1.46. The minimum Gasteiger partial charge on any atom is -0.506 e. The summed E-state index contributed by atoms with van der Waals surface area (Å²) in [7, 11) is -4.85. The molecular formula is C11H7BrF4N2O3S. The minimum atomic E-state index is -4.85. The lowest BCUT2D eigenvalue weighted by Crippen LogP contribution is -2.36. The smallest absolute Gasteiger partial charge is 0.283 e. The average molecular weight is 403 g/mol. The molecule has 22 heavy (non-hydrogen) atoms. The number of alkyl halides is 3. The molecule has 5 nitrogen and oxygen atoms in total. The van der Waals surface area contributed by atoms with Gasteiger partial charge in [-0.05, 0) is 12.1 Å². The van der Waals surface area contributed by atoms with Crippen LogP contribution in [0.5, 0.6) is 5.75 Å². The molecule has 0 spiro atoms. The normalized spacial score (nSPS) is 13.7. The van der Waals surface area contributed by atoms with Crippen molar-refractivity contribution in [3.05, 3.63) is 28.6 Å². The van der Waals surface area contributed by atoms with Crippen LogP contribution in [0.2, 0.25) is 0 Å². The van der Waals surface area contributed by atoms with Crippen molar-refractivity contribution in [3.8, 4) is 5.75 Å². The highest BCUT2D eigenvalue weighted by Gasteiger charge is 2.30. The van der Waals surface area contributed by atoms with Crippen LogP contribution in [0.1, 0.15) is 0 Å². The molecule has 1 atom stereocenters. The number of halogens is 5. The van der Waals surface area contributed by atoms with Crippen molar-refractivity contribution in [2.45, 2.75) is 17.6 Å². The fraction of sp³-hybridized carbons (Fsp3) is 0.182. The minimum absolute atomic E-state index is 0.0750. The van der Waals surface area contributed by atoms with E-state index in [-0.39, 0.29) is 5.52 Å². The fourth-order valence-electron chi connectivity index (χ4n) is 1.67. The van der Waals surface area contributed by atoms with Crippen molar-refractivity contribution >= 4 is 36.9 Å². The molecule has 0 radical (unpaired) electrons. The van der Waals surface area contributed by atoms with E-state index in [4.69, 9.17) is 0 Å². The molecule has 2 aromatic rings. The summed E-state index contributed by atoms with van der Waals surface area (Å²) in [6, 6.07) is 2.25. The zero-order valence-electron chi connectivity index (χ0n) is 10.4. The van der Waals surface area contributed by atoms with Gasteiger partial charge in [-0.3, -0.25) is 4.98 Å². The Labute approximate surface area is 130 Å². The predicted octanol–water partition coefficient (Wildman–Crippen LogP) is 2.68. The van der Waals surface area contributed by atoms with E-state index in [1.165, 1.54) is 6.07 Å². The lowest BCUT2D eigenvalue weighted by atomic mass is 10.2. The SMILES string of the molecule is O=S(=O)(NC(F)C(F)F)c1cnc2cc(Br)cc(F)c2c1O. The molecule has 1 aromatic heterocycles. The molecule has 2 N–H and O–H groups in total. The molecule has 1 unspecified atom stereocenters. The number of pyridine rings is 1. The van der Waals surface area contributed by atoms with E-state index < -0.39 is 44.6 Å². The molecule has 0 saturated carbocycles. The van der Waals surface area contributed by atoms with Gasteiger partial charge in [0.15, 0.2) is 0 Å². The molecule has 0 aliphatic carbocycles. The van der Waals surface area contributed by atoms with Crippen LogP contribution in [0.15, 0.2) is 27.7 Å². The number of benzene rings is 1. The van der Waals surface area contributed by atoms with Gasteiger partial charge >= 0.3 is 0 Å². The summed E-state index contributed by atoms with van der Waals surface area (Å²) in [5.41, 5.74) is -0.0750. The van der Waals surface area contributed by atoms with Crippen LogP contribution >= 0.6 is 15.9 Å². The fourth-order valence-corrected chi connectivity index (χ4v) is 3.16. The zero-order chi connectivity index (χ0) is 16.7. The van der Waals surface area contributed by atoms with E-state index in [2.05, 4.69) is 20.9 Å². The summed E-state index contributed by atoms with van der Waals surface area (Å²) in [4.78, 5) is 2.61. The molecule has 2 rings (SSSR count). The first-order valence-electron chi connectivity index (χ1n) is 5.54. The Morgan fingerprint density at radius 1 is 1.27 bits per heavy atom. The van der Waals surface area contributed by atoms with Crippen molar-refractivity contribution in [1.29, 1.82) is 0 Å². The van der Waals surface area contributed by atoms with Crippen molar-refractivity contribution in [1.82, 2.24) is 9.71 Å². The molecule has 0 aliphatic rings. The van der Waals surface area contributed by atoms with E-state index in [1.54, 1.807) is 0 Å². The molecule has 1 heterocycles. The number of nitrogens with zero attached hydrogens (tertiary/aromatic N) is 1. The first kappa shape index (κ1) is 16.9. The molecule has 0 fully saturated rings. The van der Waals surface area contributed by atoms with Gasteiger partial charge in [-0.2, -0.15) is 4.72 Å². The van der Waals surface area contributed by atoms with Crippen molar-refractivity contribution in [2.75, 3.05) is 0 Å². The number of fused-ring (bicyclic) bond motifs is 1. The number of hydrogen-bond acceptors (Lipinski definition) is 4. The number of aromatic hydroxyl groups is 1. The molecule has 1 aromatic carbocycles. The highest BCUT2D eigenvalue weighted by Crippen LogP contribution is 2.34. The molecule has 120 valence electrons. The maximum absolute atomic E-state index is 13.8. The summed E-state index contributed by atoms with van der Waals surface area (Å²) in [6.07, 6.45) is -6.16. The summed E-state index contributed by atoms with van der Waals surface area (Å²) in [5.74, 6) is -2.04. The first-order chi connectivity index (χ1) is 10.1. The van der Waals surface area contributed by atoms with Crippen LogP contribution in [0.4, 0.5) is 17.6 Å². The Morgan fingerprint density at radius 3 is 2.50 bits per heavy atom. The number of hydrogen-bond donors (Lipinski definition) is 2. The zero-order valence-corrected chi connectivity index (χ0v) is 12.8. The maximum atomic E-state index is 13.8. The van der Waals surface area contributed by atoms with E-state index >= 15 is 0 Å². The van der Waals surface area contributed by atoms with E-state index in [0.717, 1.165) is 10.8 Å². The average Bonchev–Trinajstić information content (AvgIpc) is 2.36. The van der Waals surface area contributed by atoms with E-state index in [9.17, 15) is 31.1 Å². The molecule has 0 aliphatic heterocycles. The second-order valence-corrected chi connectivity index (χ2v) is 6.71. The number of rotatable bonds is 4. The number of aromatic nitrogens is 1. The monoisotopic (exact) mass is 402 g/mol. The van der Waals surface area contributed by atoms with Gasteiger partial charge in [0.05, 0.1) is 17.1 Å². The Kier molecular flexibility index (Phi) is 4.59. The van der Waals surface area contributed by atoms with Gasteiger partial charge in [-0.1, -0.05) is 15.9 Å². The maximum Gasteiger partial charge on any atom is 0.283 e. The van der Waals surface area contributed by atoms with E-state index in [0.29, 0.717) is 10.7 Å². The third-order valence-corrected chi connectivity index (χ3v) is 4.47. The molecular weight excluding hydrogens is 396 g/mol. The molecule has 11 heteroatoms. The summed E-state index contributed by atoms with van der Waals surface area (Å²) >= 11 is 2.99. The third kappa shape index (κ3) is 3.15. The highest BCUT2D eigenvalue weighted by molar-refractivity contribution is 9.10. The van der Waals surface area contributed by atoms with Crippen LogP contribution in [-0.4, -0.2) is 31.2 Å². The van der Waals surface area contributed by atoms with Gasteiger partial charge in [0, 0.05) is 4.47 Å². The summed E-state index contributed by atoms with van der Waals surface area (Å²) in [5, 5.41) is 9.35. The highest BCUT2D eigenvalue weighted by atomic mass is 79.9. The first-order valence-corrected chi connectivity index (χ1v) is 7.82. The van der Waals surface area contributed by atoms with Crippen molar-refractivity contribution < 1.29 is 31.1 Å². The topological polar surface area (TPSA) is 79.3 Å². The Bertz CT molecular complexity index is 832. The Balaban J connectivity index is 2.60. The lowest BCUT2D eigenvalue weighted by Gasteiger charge is -2.12. The summed E-state index contributed by atoms with van der Waals surface area (Å²) < 4.78 is 75.7. The standard InChI is InChI=1S/C11H7BrF4N2O3S/c12-4-1-5(13)8-6(2-4)17-3-7(9(8)19)22(20,21)18-11(16)10(14)15/h1-3,10-11,18H,(H,17,19). The molecule has 0 bridgehead atoms. The second kappa shape index (κ2) is 5.97. The lowest BCUT2D eigenvalue weighted by molar-refractivity contribution is 0.0440. The van der Waals surface area contributed by atoms with Gasteiger partial charge in [0.2, 0.25) is 16.3 Å². The largest absolute Gasteiger partial charge is 0.506 e. The quantitative estimate of drug-likeness (QED) is 0.608. The van der Waals surface area contributed by atoms with E-state index in [1.807, 2.05) is 0 Å². The predicted molar refractivity (Wildman–Crippen MR) is 72.3 cm³/mol. The molecule has 0 amide bonds. The van der Waals surface area contributed by atoms with Crippen LogP contribution in [0.3, 0.4) is 0 Å². The van der Waals surface area contributed by atoms with Gasteiger partial charge in [-0.25, -0.2) is 26.0 Å². The van der Waals surface area contributed by atoms with Gasteiger partial charge < -0.3 is 5.11 Å². The van der Waals surface area contributed by atoms with Gasteiger partial charge in [0.25, 0.3) is 6.43 Å². The van der Waals surface area contributed by atoms with Crippen LogP contribution in [-0.2, 0) is 10.0 Å². The second-order valence-electron chi connectivity index (χ2n) is 4.11. The van der Waals surface area contributed by atoms with Crippen molar-refractivity contribution in [2.24, 2.45) is 0 Å². The van der Waals surface area contributed by atoms with Crippen molar-refractivity contribution in [3.63, 3.8) is 0 Å². The number of sulfonamides is 1. The Morgan fingerprint density at radius 2 is 1.91 bits per heavy atom. The van der Waals surface area contributed by atoms with Crippen LogP contribution < -0.4 is 4.72 Å².